The number of morpholine rings is 1. The lowest BCUT2D eigenvalue weighted by Crippen LogP contribution is -2.46. The molecule has 96 valence electrons. The lowest BCUT2D eigenvalue weighted by molar-refractivity contribution is -0.0523. The van der Waals surface area contributed by atoms with Gasteiger partial charge >= 0.3 is 0 Å². The third-order valence-electron chi connectivity index (χ3n) is 3.16. The Morgan fingerprint density at radius 3 is 2.94 bits per heavy atom. The third kappa shape index (κ3) is 3.52. The van der Waals surface area contributed by atoms with Crippen LogP contribution in [0.4, 0.5) is 0 Å². The van der Waals surface area contributed by atoms with Crippen LogP contribution in [-0.2, 0) is 17.8 Å². The van der Waals surface area contributed by atoms with E-state index in [1.807, 2.05) is 18.4 Å². The van der Waals surface area contributed by atoms with Gasteiger partial charge in [-0.1, -0.05) is 0 Å². The zero-order chi connectivity index (χ0) is 12.3. The van der Waals surface area contributed by atoms with E-state index in [1.165, 1.54) is 9.75 Å². The molecule has 1 aromatic rings. The van der Waals surface area contributed by atoms with E-state index in [1.54, 1.807) is 0 Å². The summed E-state index contributed by atoms with van der Waals surface area (Å²) in [5.41, 5.74) is 0. The highest BCUT2D eigenvalue weighted by atomic mass is 32.1. The molecule has 4 heteroatoms. The topological polar surface area (TPSA) is 24.5 Å². The van der Waals surface area contributed by atoms with Gasteiger partial charge in [0.2, 0.25) is 0 Å². The Morgan fingerprint density at radius 1 is 1.41 bits per heavy atom. The summed E-state index contributed by atoms with van der Waals surface area (Å²) in [5, 5.41) is 3.19. The standard InChI is InChI=1S/C13H22N2OS/c1-10-9-16-11(2)7-15(10)8-13-5-4-12(17-13)6-14-3/h4-5,10-11,14H,6-9H2,1-3H3. The Kier molecular flexibility index (Phi) is 4.56. The van der Waals surface area contributed by atoms with E-state index in [2.05, 4.69) is 36.2 Å². The molecule has 1 aliphatic heterocycles. The minimum Gasteiger partial charge on any atom is -0.376 e. The molecule has 0 bridgehead atoms. The average molecular weight is 254 g/mol. The first-order valence-electron chi connectivity index (χ1n) is 6.27. The normalized spacial score (nSPS) is 26.3. The molecule has 0 radical (unpaired) electrons. The molecule has 1 aliphatic rings. The summed E-state index contributed by atoms with van der Waals surface area (Å²) >= 11 is 1.91. The van der Waals surface area contributed by atoms with E-state index >= 15 is 0 Å². The Hall–Kier alpha value is -0.420. The monoisotopic (exact) mass is 254 g/mol. The van der Waals surface area contributed by atoms with Gasteiger partial charge in [-0.25, -0.2) is 0 Å². The number of hydrogen-bond donors (Lipinski definition) is 1. The Labute approximate surface area is 108 Å². The van der Waals surface area contributed by atoms with Crippen molar-refractivity contribution in [2.24, 2.45) is 0 Å². The highest BCUT2D eigenvalue weighted by molar-refractivity contribution is 7.11. The first-order chi connectivity index (χ1) is 8.19. The van der Waals surface area contributed by atoms with Gasteiger partial charge in [-0.05, 0) is 33.0 Å². The highest BCUT2D eigenvalue weighted by Gasteiger charge is 2.23. The van der Waals surface area contributed by atoms with Crippen LogP contribution in [0, 0.1) is 0 Å². The second-order valence-electron chi connectivity index (χ2n) is 4.82. The second kappa shape index (κ2) is 5.96. The maximum Gasteiger partial charge on any atom is 0.0674 e. The van der Waals surface area contributed by atoms with E-state index < -0.39 is 0 Å². The largest absolute Gasteiger partial charge is 0.376 e. The van der Waals surface area contributed by atoms with Crippen LogP contribution in [0.1, 0.15) is 23.6 Å². The maximum absolute atomic E-state index is 5.65. The molecule has 0 amide bonds. The summed E-state index contributed by atoms with van der Waals surface area (Å²) in [6.07, 6.45) is 0.364. The van der Waals surface area contributed by atoms with Crippen LogP contribution in [0.15, 0.2) is 12.1 Å². The smallest absolute Gasteiger partial charge is 0.0674 e. The van der Waals surface area contributed by atoms with E-state index in [9.17, 15) is 0 Å². The molecule has 1 fully saturated rings. The van der Waals surface area contributed by atoms with Gasteiger partial charge in [-0.15, -0.1) is 11.3 Å². The van der Waals surface area contributed by atoms with Gasteiger partial charge in [0.1, 0.15) is 0 Å². The minimum atomic E-state index is 0.364. The van der Waals surface area contributed by atoms with Crippen LogP contribution in [0.3, 0.4) is 0 Å². The highest BCUT2D eigenvalue weighted by Crippen LogP contribution is 2.21. The van der Waals surface area contributed by atoms with Crippen molar-refractivity contribution in [3.63, 3.8) is 0 Å². The van der Waals surface area contributed by atoms with Crippen LogP contribution >= 0.6 is 11.3 Å². The molecule has 2 rings (SSSR count). The number of ether oxygens (including phenoxy) is 1. The Morgan fingerprint density at radius 2 is 2.18 bits per heavy atom. The van der Waals surface area contributed by atoms with Crippen LogP contribution < -0.4 is 5.32 Å². The summed E-state index contributed by atoms with van der Waals surface area (Å²) in [6, 6.07) is 5.01. The number of thiophene rings is 1. The van der Waals surface area contributed by atoms with Gasteiger partial charge < -0.3 is 10.1 Å². The van der Waals surface area contributed by atoms with E-state index in [0.29, 0.717) is 12.1 Å². The van der Waals surface area contributed by atoms with Gasteiger partial charge in [-0.2, -0.15) is 0 Å². The summed E-state index contributed by atoms with van der Waals surface area (Å²) in [4.78, 5) is 5.39. The summed E-state index contributed by atoms with van der Waals surface area (Å²) < 4.78 is 5.65. The lowest BCUT2D eigenvalue weighted by Gasteiger charge is -2.36. The van der Waals surface area contributed by atoms with Crippen molar-refractivity contribution < 1.29 is 4.74 Å². The van der Waals surface area contributed by atoms with Gasteiger partial charge in [0.25, 0.3) is 0 Å². The summed E-state index contributed by atoms with van der Waals surface area (Å²) in [6.45, 7) is 8.33. The van der Waals surface area contributed by atoms with Crippen LogP contribution in [-0.4, -0.2) is 37.2 Å². The molecule has 0 aliphatic carbocycles. The molecule has 17 heavy (non-hydrogen) atoms. The molecule has 2 atom stereocenters. The van der Waals surface area contributed by atoms with Crippen molar-refractivity contribution >= 4 is 11.3 Å². The first-order valence-corrected chi connectivity index (χ1v) is 7.08. The van der Waals surface area contributed by atoms with E-state index in [0.717, 1.165) is 26.2 Å². The fourth-order valence-electron chi connectivity index (χ4n) is 2.17. The average Bonchev–Trinajstić information content (AvgIpc) is 2.72. The molecule has 1 saturated heterocycles. The van der Waals surface area contributed by atoms with E-state index in [4.69, 9.17) is 4.74 Å². The van der Waals surface area contributed by atoms with Crippen molar-refractivity contribution in [2.45, 2.75) is 39.1 Å². The van der Waals surface area contributed by atoms with Crippen LogP contribution in [0.2, 0.25) is 0 Å². The number of rotatable bonds is 4. The van der Waals surface area contributed by atoms with Gasteiger partial charge in [0, 0.05) is 35.4 Å². The Balaban J connectivity index is 1.94. The van der Waals surface area contributed by atoms with Crippen molar-refractivity contribution in [1.29, 1.82) is 0 Å². The molecule has 3 nitrogen and oxygen atoms in total. The maximum atomic E-state index is 5.65. The zero-order valence-electron chi connectivity index (χ0n) is 10.9. The number of nitrogens with zero attached hydrogens (tertiary/aromatic N) is 1. The SMILES string of the molecule is CNCc1ccc(CN2CC(C)OCC2C)s1. The third-order valence-corrected chi connectivity index (χ3v) is 4.23. The molecule has 0 saturated carbocycles. The quantitative estimate of drug-likeness (QED) is 0.890. The molecule has 2 unspecified atom stereocenters. The summed E-state index contributed by atoms with van der Waals surface area (Å²) in [5.74, 6) is 0. The molecular formula is C13H22N2OS. The summed E-state index contributed by atoms with van der Waals surface area (Å²) in [7, 11) is 1.99. The molecule has 0 spiro atoms. The molecule has 2 heterocycles. The Bertz CT molecular complexity index is 353. The first kappa shape index (κ1) is 13.0. The molecular weight excluding hydrogens is 232 g/mol. The fourth-order valence-corrected chi connectivity index (χ4v) is 3.22. The van der Waals surface area contributed by atoms with Crippen LogP contribution in [0.25, 0.3) is 0 Å². The van der Waals surface area contributed by atoms with Crippen molar-refractivity contribution in [2.75, 3.05) is 20.2 Å². The van der Waals surface area contributed by atoms with Gasteiger partial charge in [-0.3, -0.25) is 4.90 Å². The van der Waals surface area contributed by atoms with Gasteiger partial charge in [0.15, 0.2) is 0 Å². The predicted molar refractivity (Wildman–Crippen MR) is 72.4 cm³/mol. The van der Waals surface area contributed by atoms with Crippen molar-refractivity contribution in [1.82, 2.24) is 10.2 Å². The van der Waals surface area contributed by atoms with Gasteiger partial charge in [0.05, 0.1) is 12.7 Å². The zero-order valence-corrected chi connectivity index (χ0v) is 11.7. The lowest BCUT2D eigenvalue weighted by atomic mass is 10.2. The number of hydrogen-bond acceptors (Lipinski definition) is 4. The fraction of sp³-hybridized carbons (Fsp3) is 0.692. The molecule has 1 N–H and O–H groups in total. The van der Waals surface area contributed by atoms with Crippen LogP contribution in [0.5, 0.6) is 0 Å². The number of nitrogens with one attached hydrogen (secondary N) is 1. The predicted octanol–water partition coefficient (Wildman–Crippen LogP) is 2.08. The minimum absolute atomic E-state index is 0.364. The van der Waals surface area contributed by atoms with Crippen molar-refractivity contribution in [3.05, 3.63) is 21.9 Å². The second-order valence-corrected chi connectivity index (χ2v) is 6.07. The van der Waals surface area contributed by atoms with Crippen molar-refractivity contribution in [3.8, 4) is 0 Å². The van der Waals surface area contributed by atoms with E-state index in [-0.39, 0.29) is 0 Å². The molecule has 0 aromatic carbocycles. The molecule has 1 aromatic heterocycles.